The fraction of sp³-hybridized carbons (Fsp3) is 0.438. The third-order valence-electron chi connectivity index (χ3n) is 3.92. The van der Waals surface area contributed by atoms with Crippen molar-refractivity contribution in [2.75, 3.05) is 13.1 Å². The van der Waals surface area contributed by atoms with E-state index in [2.05, 4.69) is 54.3 Å². The molecule has 1 aromatic heterocycles. The van der Waals surface area contributed by atoms with Crippen LogP contribution in [-0.2, 0) is 0 Å². The van der Waals surface area contributed by atoms with Crippen molar-refractivity contribution in [3.63, 3.8) is 0 Å². The molecule has 1 aliphatic rings. The number of piperidine rings is 1. The van der Waals surface area contributed by atoms with E-state index in [0.29, 0.717) is 6.04 Å². The molecule has 2 aromatic rings. The van der Waals surface area contributed by atoms with Gasteiger partial charge in [0.1, 0.15) is 0 Å². The first-order valence-electron chi connectivity index (χ1n) is 7.07. The number of rotatable bonds is 2. The number of benzene rings is 1. The molecular weight excluding hydrogens is 234 g/mol. The number of hydrogen-bond donors (Lipinski definition) is 1. The monoisotopic (exact) mass is 255 g/mol. The van der Waals surface area contributed by atoms with Gasteiger partial charge in [0.25, 0.3) is 0 Å². The SMILES string of the molecule is Cc1ccc(-c2cn(C3CCCNC3)nc2C)cc1. The Balaban J connectivity index is 1.90. The van der Waals surface area contributed by atoms with Crippen LogP contribution < -0.4 is 5.32 Å². The van der Waals surface area contributed by atoms with Gasteiger partial charge in [-0.05, 0) is 38.8 Å². The van der Waals surface area contributed by atoms with Crippen molar-refractivity contribution >= 4 is 0 Å². The smallest absolute Gasteiger partial charge is 0.0672 e. The lowest BCUT2D eigenvalue weighted by Gasteiger charge is -2.22. The van der Waals surface area contributed by atoms with Gasteiger partial charge in [-0.2, -0.15) is 5.10 Å². The summed E-state index contributed by atoms with van der Waals surface area (Å²) in [6, 6.07) is 9.19. The number of hydrogen-bond acceptors (Lipinski definition) is 2. The van der Waals surface area contributed by atoms with Crippen molar-refractivity contribution in [3.8, 4) is 11.1 Å². The molecule has 1 saturated heterocycles. The lowest BCUT2D eigenvalue weighted by molar-refractivity contribution is 0.346. The molecule has 0 amide bonds. The van der Waals surface area contributed by atoms with Crippen LogP contribution >= 0.6 is 0 Å². The highest BCUT2D eigenvalue weighted by molar-refractivity contribution is 5.65. The summed E-state index contributed by atoms with van der Waals surface area (Å²) in [4.78, 5) is 0. The molecule has 1 unspecified atom stereocenters. The Morgan fingerprint density at radius 3 is 2.68 bits per heavy atom. The predicted octanol–water partition coefficient (Wildman–Crippen LogP) is 3.09. The second kappa shape index (κ2) is 5.17. The molecule has 0 bridgehead atoms. The van der Waals surface area contributed by atoms with Crippen LogP contribution in [0.3, 0.4) is 0 Å². The summed E-state index contributed by atoms with van der Waals surface area (Å²) in [5.41, 5.74) is 4.93. The fourth-order valence-electron chi connectivity index (χ4n) is 2.74. The summed E-state index contributed by atoms with van der Waals surface area (Å²) in [5.74, 6) is 0. The predicted molar refractivity (Wildman–Crippen MR) is 78.3 cm³/mol. The number of nitrogens with zero attached hydrogens (tertiary/aromatic N) is 2. The van der Waals surface area contributed by atoms with Crippen molar-refractivity contribution < 1.29 is 0 Å². The normalized spacial score (nSPS) is 19.6. The molecule has 0 aliphatic carbocycles. The molecule has 3 rings (SSSR count). The van der Waals surface area contributed by atoms with Crippen LogP contribution in [0.1, 0.15) is 30.1 Å². The molecule has 1 aliphatic heterocycles. The fourth-order valence-corrected chi connectivity index (χ4v) is 2.74. The van der Waals surface area contributed by atoms with Gasteiger partial charge in [-0.3, -0.25) is 4.68 Å². The van der Waals surface area contributed by atoms with E-state index in [1.807, 2.05) is 0 Å². The maximum absolute atomic E-state index is 4.71. The molecule has 1 fully saturated rings. The van der Waals surface area contributed by atoms with Crippen molar-refractivity contribution in [3.05, 3.63) is 41.7 Å². The second-order valence-electron chi connectivity index (χ2n) is 5.47. The molecule has 1 aromatic carbocycles. The van der Waals surface area contributed by atoms with E-state index in [9.17, 15) is 0 Å². The molecule has 0 radical (unpaired) electrons. The van der Waals surface area contributed by atoms with E-state index < -0.39 is 0 Å². The molecule has 19 heavy (non-hydrogen) atoms. The average Bonchev–Trinajstić information content (AvgIpc) is 2.83. The highest BCUT2D eigenvalue weighted by Crippen LogP contribution is 2.25. The van der Waals surface area contributed by atoms with Crippen LogP contribution in [0.2, 0.25) is 0 Å². The van der Waals surface area contributed by atoms with E-state index in [1.165, 1.54) is 29.5 Å². The Kier molecular flexibility index (Phi) is 3.38. The van der Waals surface area contributed by atoms with E-state index in [0.717, 1.165) is 18.8 Å². The topological polar surface area (TPSA) is 29.9 Å². The van der Waals surface area contributed by atoms with E-state index in [4.69, 9.17) is 5.10 Å². The first kappa shape index (κ1) is 12.4. The Morgan fingerprint density at radius 2 is 2.00 bits per heavy atom. The molecule has 3 nitrogen and oxygen atoms in total. The highest BCUT2D eigenvalue weighted by Gasteiger charge is 2.17. The van der Waals surface area contributed by atoms with Crippen molar-refractivity contribution in [2.24, 2.45) is 0 Å². The first-order chi connectivity index (χ1) is 9.24. The Labute approximate surface area is 114 Å². The Morgan fingerprint density at radius 1 is 1.21 bits per heavy atom. The third-order valence-corrected chi connectivity index (χ3v) is 3.92. The van der Waals surface area contributed by atoms with Gasteiger partial charge in [0.2, 0.25) is 0 Å². The molecule has 1 atom stereocenters. The van der Waals surface area contributed by atoms with E-state index in [-0.39, 0.29) is 0 Å². The van der Waals surface area contributed by atoms with Gasteiger partial charge < -0.3 is 5.32 Å². The van der Waals surface area contributed by atoms with Crippen LogP contribution in [0.5, 0.6) is 0 Å². The summed E-state index contributed by atoms with van der Waals surface area (Å²) in [6.07, 6.45) is 4.67. The summed E-state index contributed by atoms with van der Waals surface area (Å²) in [5, 5.41) is 8.16. The summed E-state index contributed by atoms with van der Waals surface area (Å²) in [7, 11) is 0. The zero-order chi connectivity index (χ0) is 13.2. The van der Waals surface area contributed by atoms with Crippen molar-refractivity contribution in [1.29, 1.82) is 0 Å². The maximum Gasteiger partial charge on any atom is 0.0672 e. The molecule has 1 N–H and O–H groups in total. The largest absolute Gasteiger partial charge is 0.315 e. The van der Waals surface area contributed by atoms with Crippen LogP contribution in [0.15, 0.2) is 30.5 Å². The van der Waals surface area contributed by atoms with Crippen molar-refractivity contribution in [2.45, 2.75) is 32.7 Å². The minimum absolute atomic E-state index is 0.506. The maximum atomic E-state index is 4.71. The lowest BCUT2D eigenvalue weighted by atomic mass is 10.1. The van der Waals surface area contributed by atoms with E-state index in [1.54, 1.807) is 0 Å². The summed E-state index contributed by atoms with van der Waals surface area (Å²) < 4.78 is 2.15. The summed E-state index contributed by atoms with van der Waals surface area (Å²) >= 11 is 0. The molecular formula is C16H21N3. The number of aryl methyl sites for hydroxylation is 2. The van der Waals surface area contributed by atoms with E-state index >= 15 is 0 Å². The molecule has 0 saturated carbocycles. The van der Waals surface area contributed by atoms with Crippen LogP contribution in [-0.4, -0.2) is 22.9 Å². The zero-order valence-corrected chi connectivity index (χ0v) is 11.7. The van der Waals surface area contributed by atoms with Crippen LogP contribution in [0.4, 0.5) is 0 Å². The van der Waals surface area contributed by atoms with Crippen LogP contribution in [0, 0.1) is 13.8 Å². The lowest BCUT2D eigenvalue weighted by Crippen LogP contribution is -2.31. The highest BCUT2D eigenvalue weighted by atomic mass is 15.3. The van der Waals surface area contributed by atoms with Crippen LogP contribution in [0.25, 0.3) is 11.1 Å². The van der Waals surface area contributed by atoms with Crippen molar-refractivity contribution in [1.82, 2.24) is 15.1 Å². The number of aromatic nitrogens is 2. The minimum atomic E-state index is 0.506. The Hall–Kier alpha value is -1.61. The van der Waals surface area contributed by atoms with Gasteiger partial charge in [-0.25, -0.2) is 0 Å². The molecule has 100 valence electrons. The average molecular weight is 255 g/mol. The third kappa shape index (κ3) is 2.56. The second-order valence-corrected chi connectivity index (χ2v) is 5.47. The van der Waals surface area contributed by atoms with Gasteiger partial charge in [0, 0.05) is 18.3 Å². The van der Waals surface area contributed by atoms with Gasteiger partial charge in [-0.15, -0.1) is 0 Å². The van der Waals surface area contributed by atoms with Gasteiger partial charge in [-0.1, -0.05) is 29.8 Å². The van der Waals surface area contributed by atoms with Gasteiger partial charge in [0.05, 0.1) is 11.7 Å². The van der Waals surface area contributed by atoms with Gasteiger partial charge >= 0.3 is 0 Å². The first-order valence-corrected chi connectivity index (χ1v) is 7.07. The minimum Gasteiger partial charge on any atom is -0.315 e. The molecule has 3 heteroatoms. The molecule has 2 heterocycles. The quantitative estimate of drug-likeness (QED) is 0.893. The zero-order valence-electron chi connectivity index (χ0n) is 11.7. The Bertz CT molecular complexity index is 548. The number of nitrogens with one attached hydrogen (secondary N) is 1. The standard InChI is InChI=1S/C16H21N3/c1-12-5-7-14(8-6-12)16-11-19(18-13(16)2)15-4-3-9-17-10-15/h5-8,11,15,17H,3-4,9-10H2,1-2H3. The molecule has 0 spiro atoms. The van der Waals surface area contributed by atoms with Gasteiger partial charge in [0.15, 0.2) is 0 Å². The summed E-state index contributed by atoms with van der Waals surface area (Å²) in [6.45, 7) is 6.39.